The lowest BCUT2D eigenvalue weighted by Crippen LogP contribution is -2.24. The summed E-state index contributed by atoms with van der Waals surface area (Å²) >= 11 is 0. The number of hydrogen-bond donors (Lipinski definition) is 0. The van der Waals surface area contributed by atoms with Gasteiger partial charge in [-0.3, -0.25) is 4.90 Å². The maximum absolute atomic E-state index is 5.27. The van der Waals surface area contributed by atoms with Gasteiger partial charge in [0.05, 0.1) is 19.3 Å². The summed E-state index contributed by atoms with van der Waals surface area (Å²) in [7, 11) is 1.69. The highest BCUT2D eigenvalue weighted by molar-refractivity contribution is 5.31. The lowest BCUT2D eigenvalue weighted by molar-refractivity contribution is 0.240. The lowest BCUT2D eigenvalue weighted by Gasteiger charge is -2.24. The molecule has 1 atom stereocenters. The summed E-state index contributed by atoms with van der Waals surface area (Å²) in [5.74, 6) is 1.76. The second-order valence-corrected chi connectivity index (χ2v) is 6.24. The van der Waals surface area contributed by atoms with E-state index >= 15 is 0 Å². The molecule has 4 rings (SSSR count). The summed E-state index contributed by atoms with van der Waals surface area (Å²) in [6, 6.07) is 18.8. The SMILES string of the molecule is COc1ccc(C2CCCN2Cc2nnnn2-c2ccccc2)cc1. The topological polar surface area (TPSA) is 56.1 Å². The molecule has 0 aliphatic carbocycles. The van der Waals surface area contributed by atoms with Crippen molar-refractivity contribution >= 4 is 0 Å². The van der Waals surface area contributed by atoms with Crippen LogP contribution in [0.25, 0.3) is 5.69 Å². The van der Waals surface area contributed by atoms with E-state index in [-0.39, 0.29) is 0 Å². The molecular formula is C19H21N5O. The Labute approximate surface area is 147 Å². The van der Waals surface area contributed by atoms with Crippen molar-refractivity contribution in [2.24, 2.45) is 0 Å². The van der Waals surface area contributed by atoms with Gasteiger partial charge < -0.3 is 4.74 Å². The third kappa shape index (κ3) is 3.25. The van der Waals surface area contributed by atoms with Crippen molar-refractivity contribution in [3.63, 3.8) is 0 Å². The van der Waals surface area contributed by atoms with Crippen molar-refractivity contribution in [1.82, 2.24) is 25.1 Å². The van der Waals surface area contributed by atoms with E-state index in [0.29, 0.717) is 6.04 Å². The number of nitrogens with zero attached hydrogens (tertiary/aromatic N) is 5. The summed E-state index contributed by atoms with van der Waals surface area (Å²) < 4.78 is 7.09. The monoisotopic (exact) mass is 335 g/mol. The van der Waals surface area contributed by atoms with Crippen LogP contribution in [0.2, 0.25) is 0 Å². The Morgan fingerprint density at radius 2 is 1.88 bits per heavy atom. The molecule has 3 aromatic rings. The molecule has 1 fully saturated rings. The van der Waals surface area contributed by atoms with Crippen LogP contribution in [0.3, 0.4) is 0 Å². The number of aromatic nitrogens is 4. The molecule has 0 amide bonds. The highest BCUT2D eigenvalue weighted by Gasteiger charge is 2.27. The van der Waals surface area contributed by atoms with Gasteiger partial charge in [0.15, 0.2) is 5.82 Å². The summed E-state index contributed by atoms with van der Waals surface area (Å²) in [5, 5.41) is 12.3. The molecule has 1 aliphatic rings. The molecule has 6 nitrogen and oxygen atoms in total. The largest absolute Gasteiger partial charge is 0.497 e. The number of ether oxygens (including phenoxy) is 1. The maximum Gasteiger partial charge on any atom is 0.170 e. The molecule has 1 aliphatic heterocycles. The van der Waals surface area contributed by atoms with Gasteiger partial charge >= 0.3 is 0 Å². The third-order valence-corrected chi connectivity index (χ3v) is 4.74. The number of rotatable bonds is 5. The van der Waals surface area contributed by atoms with E-state index in [2.05, 4.69) is 32.6 Å². The van der Waals surface area contributed by atoms with E-state index in [9.17, 15) is 0 Å². The second-order valence-electron chi connectivity index (χ2n) is 6.24. The number of likely N-dealkylation sites (tertiary alicyclic amines) is 1. The van der Waals surface area contributed by atoms with Crippen LogP contribution >= 0.6 is 0 Å². The molecule has 2 heterocycles. The predicted molar refractivity (Wildman–Crippen MR) is 94.5 cm³/mol. The van der Waals surface area contributed by atoms with Gasteiger partial charge in [-0.05, 0) is 59.6 Å². The van der Waals surface area contributed by atoms with Gasteiger partial charge in [-0.25, -0.2) is 0 Å². The van der Waals surface area contributed by atoms with Crippen LogP contribution in [0.15, 0.2) is 54.6 Å². The molecular weight excluding hydrogens is 314 g/mol. The summed E-state index contributed by atoms with van der Waals surface area (Å²) in [6.07, 6.45) is 2.34. The van der Waals surface area contributed by atoms with Gasteiger partial charge in [-0.15, -0.1) is 5.10 Å². The smallest absolute Gasteiger partial charge is 0.170 e. The molecule has 128 valence electrons. The molecule has 1 aromatic heterocycles. The Kier molecular flexibility index (Phi) is 4.43. The van der Waals surface area contributed by atoms with Crippen molar-refractivity contribution in [1.29, 1.82) is 0 Å². The first-order valence-electron chi connectivity index (χ1n) is 8.56. The first kappa shape index (κ1) is 15.8. The number of hydrogen-bond acceptors (Lipinski definition) is 5. The zero-order chi connectivity index (χ0) is 17.1. The quantitative estimate of drug-likeness (QED) is 0.717. The third-order valence-electron chi connectivity index (χ3n) is 4.74. The van der Waals surface area contributed by atoms with E-state index < -0.39 is 0 Å². The zero-order valence-corrected chi connectivity index (χ0v) is 14.2. The van der Waals surface area contributed by atoms with E-state index in [4.69, 9.17) is 4.74 Å². The van der Waals surface area contributed by atoms with Gasteiger partial charge in [-0.1, -0.05) is 30.3 Å². The molecule has 2 aromatic carbocycles. The number of tetrazole rings is 1. The molecule has 0 N–H and O–H groups in total. The lowest BCUT2D eigenvalue weighted by atomic mass is 10.0. The Hall–Kier alpha value is -2.73. The molecule has 1 saturated heterocycles. The first-order chi connectivity index (χ1) is 12.3. The zero-order valence-electron chi connectivity index (χ0n) is 14.2. The van der Waals surface area contributed by atoms with Crippen LogP contribution in [0, 0.1) is 0 Å². The van der Waals surface area contributed by atoms with Crippen molar-refractivity contribution in [3.8, 4) is 11.4 Å². The van der Waals surface area contributed by atoms with Crippen molar-refractivity contribution in [2.45, 2.75) is 25.4 Å². The van der Waals surface area contributed by atoms with E-state index in [1.807, 2.05) is 47.1 Å². The average molecular weight is 335 g/mol. The van der Waals surface area contributed by atoms with Gasteiger partial charge in [0.25, 0.3) is 0 Å². The number of benzene rings is 2. The minimum absolute atomic E-state index is 0.395. The van der Waals surface area contributed by atoms with Crippen LogP contribution in [-0.4, -0.2) is 38.8 Å². The fourth-order valence-electron chi connectivity index (χ4n) is 3.47. The normalized spacial score (nSPS) is 17.7. The van der Waals surface area contributed by atoms with Crippen molar-refractivity contribution in [2.75, 3.05) is 13.7 Å². The fourth-order valence-corrected chi connectivity index (χ4v) is 3.47. The van der Waals surface area contributed by atoms with Crippen molar-refractivity contribution < 1.29 is 4.74 Å². The molecule has 1 unspecified atom stereocenters. The summed E-state index contributed by atoms with van der Waals surface area (Å²) in [5.41, 5.74) is 2.31. The Morgan fingerprint density at radius 1 is 1.08 bits per heavy atom. The number of methoxy groups -OCH3 is 1. The second kappa shape index (κ2) is 7.03. The molecule has 0 spiro atoms. The van der Waals surface area contributed by atoms with E-state index in [1.165, 1.54) is 12.0 Å². The Balaban J connectivity index is 1.55. The van der Waals surface area contributed by atoms with Gasteiger partial charge in [0.1, 0.15) is 5.75 Å². The maximum atomic E-state index is 5.27. The van der Waals surface area contributed by atoms with Crippen LogP contribution in [0.5, 0.6) is 5.75 Å². The highest BCUT2D eigenvalue weighted by atomic mass is 16.5. The highest BCUT2D eigenvalue weighted by Crippen LogP contribution is 2.33. The first-order valence-corrected chi connectivity index (χ1v) is 8.56. The molecule has 0 radical (unpaired) electrons. The van der Waals surface area contributed by atoms with E-state index in [0.717, 1.165) is 36.8 Å². The van der Waals surface area contributed by atoms with Gasteiger partial charge in [0, 0.05) is 6.04 Å². The van der Waals surface area contributed by atoms with Crippen molar-refractivity contribution in [3.05, 3.63) is 66.0 Å². The summed E-state index contributed by atoms with van der Waals surface area (Å²) in [4.78, 5) is 2.45. The molecule has 0 saturated carbocycles. The summed E-state index contributed by atoms with van der Waals surface area (Å²) in [6.45, 7) is 1.79. The molecule has 25 heavy (non-hydrogen) atoms. The average Bonchev–Trinajstić information content (AvgIpc) is 3.32. The Morgan fingerprint density at radius 3 is 2.64 bits per heavy atom. The standard InChI is InChI=1S/C19H21N5O/c1-25-17-11-9-15(10-12-17)18-8-5-13-23(18)14-19-20-21-22-24(19)16-6-3-2-4-7-16/h2-4,6-7,9-12,18H,5,8,13-14H2,1H3. The predicted octanol–water partition coefficient (Wildman–Crippen LogP) is 3.01. The van der Waals surface area contributed by atoms with E-state index in [1.54, 1.807) is 7.11 Å². The minimum Gasteiger partial charge on any atom is -0.497 e. The molecule has 6 heteroatoms. The Bertz CT molecular complexity index is 815. The minimum atomic E-state index is 0.395. The fraction of sp³-hybridized carbons (Fsp3) is 0.316. The number of para-hydroxylation sites is 1. The molecule has 0 bridgehead atoms. The van der Waals surface area contributed by atoms with Crippen LogP contribution in [-0.2, 0) is 6.54 Å². The van der Waals surface area contributed by atoms with Crippen LogP contribution in [0.4, 0.5) is 0 Å². The van der Waals surface area contributed by atoms with Gasteiger partial charge in [0.2, 0.25) is 0 Å². The van der Waals surface area contributed by atoms with Crippen LogP contribution in [0.1, 0.15) is 30.3 Å². The van der Waals surface area contributed by atoms with Gasteiger partial charge in [-0.2, -0.15) is 4.68 Å². The van der Waals surface area contributed by atoms with Crippen LogP contribution < -0.4 is 4.74 Å².